The molecular weight excluding hydrogens is 680 g/mol. The van der Waals surface area contributed by atoms with Gasteiger partial charge in [0, 0.05) is 70.3 Å². The lowest BCUT2D eigenvalue weighted by atomic mass is 9.81. The van der Waals surface area contributed by atoms with E-state index in [4.69, 9.17) is 0 Å². The van der Waals surface area contributed by atoms with Gasteiger partial charge in [0.2, 0.25) is 11.8 Å². The highest BCUT2D eigenvalue weighted by molar-refractivity contribution is 5.94. The van der Waals surface area contributed by atoms with Gasteiger partial charge in [-0.2, -0.15) is 0 Å². The Kier molecular flexibility index (Phi) is 19.3. The van der Waals surface area contributed by atoms with Gasteiger partial charge in [0.1, 0.15) is 12.6 Å². The Balaban J connectivity index is 1.89. The lowest BCUT2D eigenvalue weighted by Crippen LogP contribution is -2.48. The lowest BCUT2D eigenvalue weighted by Gasteiger charge is -2.32. The summed E-state index contributed by atoms with van der Waals surface area (Å²) in [4.78, 5) is 88.5. The molecule has 0 aliphatic heterocycles. The topological polar surface area (TPSA) is 246 Å². The number of benzene rings is 1. The number of hydrogen-bond donors (Lipinski definition) is 7. The second-order valence-electron chi connectivity index (χ2n) is 13.1. The third kappa shape index (κ3) is 16.6. The minimum absolute atomic E-state index is 0.0185. The van der Waals surface area contributed by atoms with Crippen LogP contribution in [0.4, 0.5) is 0 Å². The van der Waals surface area contributed by atoms with E-state index in [-0.39, 0.29) is 75.9 Å². The van der Waals surface area contributed by atoms with Gasteiger partial charge in [-0.3, -0.25) is 43.4 Å². The number of nitrogens with zero attached hydrogens (tertiary/aromatic N) is 3. The zero-order valence-electron chi connectivity index (χ0n) is 30.1. The Morgan fingerprint density at radius 3 is 1.88 bits per heavy atom. The minimum Gasteiger partial charge on any atom is -0.480 e. The molecule has 3 amide bonds. The monoisotopic (exact) mass is 734 g/mol. The molecule has 1 aliphatic rings. The summed E-state index contributed by atoms with van der Waals surface area (Å²) in [5, 5.41) is 46.5. The number of unbranched alkanes of at least 4 members (excludes halogenated alkanes) is 1. The highest BCUT2D eigenvalue weighted by Gasteiger charge is 2.33. The van der Waals surface area contributed by atoms with Crippen molar-refractivity contribution >= 4 is 41.6 Å². The van der Waals surface area contributed by atoms with Crippen LogP contribution in [0, 0.1) is 18.8 Å². The summed E-state index contributed by atoms with van der Waals surface area (Å²) in [5.41, 5.74) is 1.51. The molecule has 1 fully saturated rings. The molecule has 0 aromatic heterocycles. The molecule has 1 saturated carbocycles. The van der Waals surface area contributed by atoms with Crippen molar-refractivity contribution in [3.63, 3.8) is 0 Å². The fourth-order valence-corrected chi connectivity index (χ4v) is 6.24. The normalized spacial score (nSPS) is 16.2. The highest BCUT2D eigenvalue weighted by atomic mass is 16.4. The van der Waals surface area contributed by atoms with Gasteiger partial charge >= 0.3 is 23.9 Å². The molecular formula is C35H54N6O11. The molecule has 1 aromatic rings. The Morgan fingerprint density at radius 2 is 1.33 bits per heavy atom. The second kappa shape index (κ2) is 23.1. The average Bonchev–Trinajstić information content (AvgIpc) is 3.09. The Bertz CT molecular complexity index is 1370. The van der Waals surface area contributed by atoms with Crippen molar-refractivity contribution in [3.8, 4) is 0 Å². The number of carbonyl (C=O) groups is 7. The standard InChI is InChI=1S/C35H54N6O11/c1-24-6-5-7-27(20-24)33(49)38-13-4-3-8-28(35(51)52)37-14-15-39(21-29(42)43)16-17-40(22-30(44)45)18-19-41(23-31(46)47)34(50)26-11-9-25(10-12-26)32(48)36-2/h5-7,20,25-26,28,37H,3-4,8-19,21-23H2,1-2H3,(H,36,48)(H,38,49)(H,42,43)(H,44,45)(H,46,47)(H,51,52)/t25?,26?,28-/m1/s1. The van der Waals surface area contributed by atoms with Crippen molar-refractivity contribution in [3.05, 3.63) is 35.4 Å². The molecule has 7 N–H and O–H groups in total. The summed E-state index contributed by atoms with van der Waals surface area (Å²) < 4.78 is 0. The van der Waals surface area contributed by atoms with Crippen LogP contribution in [0.3, 0.4) is 0 Å². The average molecular weight is 735 g/mol. The maximum atomic E-state index is 13.3. The first-order valence-electron chi connectivity index (χ1n) is 17.6. The van der Waals surface area contributed by atoms with Gasteiger partial charge < -0.3 is 41.3 Å². The summed E-state index contributed by atoms with van der Waals surface area (Å²) in [6.07, 6.45) is 3.21. The van der Waals surface area contributed by atoms with E-state index in [9.17, 15) is 54.0 Å². The van der Waals surface area contributed by atoms with Crippen LogP contribution < -0.4 is 16.0 Å². The van der Waals surface area contributed by atoms with E-state index in [1.165, 1.54) is 14.7 Å². The van der Waals surface area contributed by atoms with Crippen LogP contribution in [0.2, 0.25) is 0 Å². The van der Waals surface area contributed by atoms with Crippen molar-refractivity contribution in [2.45, 2.75) is 57.9 Å². The van der Waals surface area contributed by atoms with Crippen molar-refractivity contribution in [2.24, 2.45) is 11.8 Å². The van der Waals surface area contributed by atoms with Gasteiger partial charge in [-0.05, 0) is 64.0 Å². The third-order valence-electron chi connectivity index (χ3n) is 9.07. The zero-order valence-corrected chi connectivity index (χ0v) is 30.1. The summed E-state index contributed by atoms with van der Waals surface area (Å²) in [6, 6.07) is 6.28. The SMILES string of the molecule is CNC(=O)C1CCC(C(=O)N(CCN(CCN(CCN[C@H](CCCCNC(=O)c2cccc(C)c2)C(=O)O)CC(=O)O)CC(=O)O)CC(=O)O)CC1. The summed E-state index contributed by atoms with van der Waals surface area (Å²) in [6.45, 7) is 1.30. The van der Waals surface area contributed by atoms with Crippen molar-refractivity contribution in [1.29, 1.82) is 0 Å². The van der Waals surface area contributed by atoms with Crippen LogP contribution in [0.25, 0.3) is 0 Å². The molecule has 0 saturated heterocycles. The molecule has 0 unspecified atom stereocenters. The summed E-state index contributed by atoms with van der Waals surface area (Å²) in [7, 11) is 1.55. The minimum atomic E-state index is -1.22. The summed E-state index contributed by atoms with van der Waals surface area (Å²) in [5.74, 6) is -5.91. The van der Waals surface area contributed by atoms with E-state index in [1.54, 1.807) is 25.2 Å². The molecule has 0 bridgehead atoms. The third-order valence-corrected chi connectivity index (χ3v) is 9.07. The molecule has 17 heteroatoms. The molecule has 2 rings (SSSR count). The summed E-state index contributed by atoms with van der Waals surface area (Å²) >= 11 is 0. The van der Waals surface area contributed by atoms with Crippen molar-refractivity contribution in [2.75, 3.05) is 72.5 Å². The van der Waals surface area contributed by atoms with Crippen LogP contribution in [0.15, 0.2) is 24.3 Å². The number of carbonyl (C=O) groups excluding carboxylic acids is 3. The van der Waals surface area contributed by atoms with E-state index < -0.39 is 48.9 Å². The maximum absolute atomic E-state index is 13.3. The van der Waals surface area contributed by atoms with Crippen molar-refractivity contribution < 1.29 is 54.0 Å². The number of carboxylic acids is 4. The zero-order chi connectivity index (χ0) is 38.6. The van der Waals surface area contributed by atoms with Gasteiger partial charge in [-0.15, -0.1) is 0 Å². The quantitative estimate of drug-likeness (QED) is 0.0663. The Labute approximate surface area is 303 Å². The lowest BCUT2D eigenvalue weighted by molar-refractivity contribution is -0.147. The van der Waals surface area contributed by atoms with Crippen LogP contribution in [0.5, 0.6) is 0 Å². The number of aliphatic carboxylic acids is 4. The van der Waals surface area contributed by atoms with E-state index in [1.807, 2.05) is 13.0 Å². The predicted molar refractivity (Wildman–Crippen MR) is 189 cm³/mol. The number of aryl methyl sites for hydroxylation is 1. The number of hydrogen-bond acceptors (Lipinski definition) is 10. The number of carboxylic acid groups (broad SMARTS) is 4. The highest BCUT2D eigenvalue weighted by Crippen LogP contribution is 2.30. The fourth-order valence-electron chi connectivity index (χ4n) is 6.24. The van der Waals surface area contributed by atoms with Gasteiger partial charge in [-0.1, -0.05) is 17.7 Å². The molecule has 1 aromatic carbocycles. The first kappa shape index (κ1) is 43.6. The Morgan fingerprint density at radius 1 is 0.750 bits per heavy atom. The van der Waals surface area contributed by atoms with E-state index in [0.29, 0.717) is 50.6 Å². The fraction of sp³-hybridized carbons (Fsp3) is 0.629. The van der Waals surface area contributed by atoms with E-state index in [2.05, 4.69) is 16.0 Å². The number of nitrogens with one attached hydrogen (secondary N) is 3. The van der Waals surface area contributed by atoms with Crippen LogP contribution >= 0.6 is 0 Å². The van der Waals surface area contributed by atoms with Gasteiger partial charge in [-0.25, -0.2) is 0 Å². The first-order valence-corrected chi connectivity index (χ1v) is 17.6. The molecule has 1 atom stereocenters. The molecule has 0 heterocycles. The maximum Gasteiger partial charge on any atom is 0.323 e. The first-order chi connectivity index (χ1) is 24.7. The van der Waals surface area contributed by atoms with Gasteiger partial charge in [0.15, 0.2) is 0 Å². The predicted octanol–water partition coefficient (Wildman–Crippen LogP) is 0.177. The van der Waals surface area contributed by atoms with Gasteiger partial charge in [0.25, 0.3) is 5.91 Å². The van der Waals surface area contributed by atoms with Crippen LogP contribution in [-0.4, -0.2) is 155 Å². The molecule has 0 radical (unpaired) electrons. The molecule has 1 aliphatic carbocycles. The number of rotatable bonds is 25. The smallest absolute Gasteiger partial charge is 0.323 e. The van der Waals surface area contributed by atoms with E-state index in [0.717, 1.165) is 5.56 Å². The molecule has 0 spiro atoms. The van der Waals surface area contributed by atoms with Gasteiger partial charge in [0.05, 0.1) is 13.1 Å². The molecule has 17 nitrogen and oxygen atoms in total. The number of amides is 3. The molecule has 52 heavy (non-hydrogen) atoms. The molecule has 290 valence electrons. The largest absolute Gasteiger partial charge is 0.480 e. The van der Waals surface area contributed by atoms with Crippen molar-refractivity contribution in [1.82, 2.24) is 30.7 Å². The Hall–Kier alpha value is -4.61. The van der Waals surface area contributed by atoms with Crippen LogP contribution in [0.1, 0.15) is 60.9 Å². The van der Waals surface area contributed by atoms with E-state index >= 15 is 0 Å². The second-order valence-corrected chi connectivity index (χ2v) is 13.1. The van der Waals surface area contributed by atoms with Crippen LogP contribution in [-0.2, 0) is 28.8 Å².